The Balaban J connectivity index is 2.36. The largest absolute Gasteiger partial charge is 0.498 e. The molecule has 0 fully saturated rings. The van der Waals surface area contributed by atoms with Gasteiger partial charge in [0.25, 0.3) is 0 Å². The van der Waals surface area contributed by atoms with Crippen LogP contribution in [0.25, 0.3) is 0 Å². The van der Waals surface area contributed by atoms with Crippen LogP contribution in [0.3, 0.4) is 0 Å². The van der Waals surface area contributed by atoms with E-state index in [-0.39, 0.29) is 6.42 Å². The van der Waals surface area contributed by atoms with Gasteiger partial charge in [-0.3, -0.25) is 14.4 Å². The molecule has 0 aliphatic rings. The van der Waals surface area contributed by atoms with Crippen molar-refractivity contribution in [1.29, 1.82) is 0 Å². The van der Waals surface area contributed by atoms with Crippen molar-refractivity contribution < 1.29 is 28.6 Å². The number of carbonyl (C=O) groups is 3. The van der Waals surface area contributed by atoms with Gasteiger partial charge in [-0.15, -0.1) is 12.1 Å². The average molecular weight is 379 g/mol. The van der Waals surface area contributed by atoms with Gasteiger partial charge in [0, 0.05) is 27.2 Å². The van der Waals surface area contributed by atoms with Gasteiger partial charge in [-0.2, -0.15) is 17.7 Å². The van der Waals surface area contributed by atoms with Gasteiger partial charge < -0.3 is 24.8 Å². The SMILES string of the molecule is COCCOCCCNC(=O)C(CC(=O)O[CH-]c1ccccc1)NC(C)=O. The fraction of sp³-hybridized carbons (Fsp3) is 0.474. The van der Waals surface area contributed by atoms with Crippen molar-refractivity contribution in [2.24, 2.45) is 0 Å². The molecule has 2 N–H and O–H groups in total. The minimum Gasteiger partial charge on any atom is -0.498 e. The molecule has 1 aromatic rings. The van der Waals surface area contributed by atoms with Gasteiger partial charge in [0.15, 0.2) is 0 Å². The topological polar surface area (TPSA) is 103 Å². The van der Waals surface area contributed by atoms with E-state index in [4.69, 9.17) is 14.2 Å². The lowest BCUT2D eigenvalue weighted by Crippen LogP contribution is -2.47. The summed E-state index contributed by atoms with van der Waals surface area (Å²) in [5.74, 6) is -1.47. The first-order valence-electron chi connectivity index (χ1n) is 8.72. The van der Waals surface area contributed by atoms with E-state index in [1.165, 1.54) is 13.5 Å². The Hall–Kier alpha value is -2.58. The third-order valence-corrected chi connectivity index (χ3v) is 3.39. The smallest absolute Gasteiger partial charge is 0.301 e. The third-order valence-electron chi connectivity index (χ3n) is 3.39. The molecule has 0 aliphatic carbocycles. The van der Waals surface area contributed by atoms with Crippen LogP contribution in [0.2, 0.25) is 0 Å². The van der Waals surface area contributed by atoms with Crippen LogP contribution in [0.4, 0.5) is 0 Å². The Labute approximate surface area is 159 Å². The van der Waals surface area contributed by atoms with Crippen molar-refractivity contribution in [1.82, 2.24) is 10.6 Å². The number of rotatable bonds is 13. The molecule has 0 saturated carbocycles. The van der Waals surface area contributed by atoms with Crippen molar-refractivity contribution in [3.05, 3.63) is 42.5 Å². The first-order chi connectivity index (χ1) is 13.0. The van der Waals surface area contributed by atoms with Gasteiger partial charge in [0.05, 0.1) is 19.6 Å². The zero-order valence-electron chi connectivity index (χ0n) is 15.7. The summed E-state index contributed by atoms with van der Waals surface area (Å²) in [6.07, 6.45) is 0.341. The number of benzene rings is 1. The maximum absolute atomic E-state index is 12.2. The van der Waals surface area contributed by atoms with Crippen LogP contribution in [0.1, 0.15) is 25.3 Å². The van der Waals surface area contributed by atoms with Crippen molar-refractivity contribution in [2.75, 3.05) is 33.5 Å². The van der Waals surface area contributed by atoms with Crippen LogP contribution in [0, 0.1) is 6.61 Å². The molecule has 1 rings (SSSR count). The zero-order chi connectivity index (χ0) is 19.9. The normalized spacial score (nSPS) is 11.3. The lowest BCUT2D eigenvalue weighted by Gasteiger charge is -2.18. The van der Waals surface area contributed by atoms with Gasteiger partial charge in [-0.1, -0.05) is 6.07 Å². The fourth-order valence-electron chi connectivity index (χ4n) is 2.09. The standard InChI is InChI=1S/C19H27N2O6/c1-15(22)21-17(19(24)20-9-6-10-26-12-11-25-2)13-18(23)27-14-16-7-4-3-5-8-16/h3-5,7-8,14,17H,6,9-13H2,1-2H3,(H,20,24)(H,21,22)/q-1. The van der Waals surface area contributed by atoms with Crippen LogP contribution in [-0.4, -0.2) is 57.3 Å². The van der Waals surface area contributed by atoms with Crippen molar-refractivity contribution in [3.63, 3.8) is 0 Å². The summed E-state index contributed by atoms with van der Waals surface area (Å²) in [5.41, 5.74) is 0.722. The molecule has 8 nitrogen and oxygen atoms in total. The van der Waals surface area contributed by atoms with Crippen molar-refractivity contribution in [2.45, 2.75) is 25.8 Å². The van der Waals surface area contributed by atoms with E-state index in [1.54, 1.807) is 19.2 Å². The molecule has 27 heavy (non-hydrogen) atoms. The van der Waals surface area contributed by atoms with Gasteiger partial charge in [-0.25, -0.2) is 0 Å². The molecule has 1 unspecified atom stereocenters. The lowest BCUT2D eigenvalue weighted by molar-refractivity contribution is -0.142. The predicted octanol–water partition coefficient (Wildman–Crippen LogP) is 0.804. The number of hydrogen-bond acceptors (Lipinski definition) is 6. The molecule has 8 heteroatoms. The number of amides is 2. The Morgan fingerprint density at radius 2 is 1.85 bits per heavy atom. The second-order valence-electron chi connectivity index (χ2n) is 5.73. The molecule has 0 heterocycles. The summed E-state index contributed by atoms with van der Waals surface area (Å²) in [6, 6.07) is 8.03. The van der Waals surface area contributed by atoms with E-state index >= 15 is 0 Å². The highest BCUT2D eigenvalue weighted by Gasteiger charge is 2.22. The maximum atomic E-state index is 12.2. The maximum Gasteiger partial charge on any atom is 0.301 e. The Morgan fingerprint density at radius 3 is 2.52 bits per heavy atom. The zero-order valence-corrected chi connectivity index (χ0v) is 15.7. The van der Waals surface area contributed by atoms with Crippen LogP contribution < -0.4 is 10.6 Å². The minimum absolute atomic E-state index is 0.265. The average Bonchev–Trinajstić information content (AvgIpc) is 2.65. The molecule has 1 aromatic carbocycles. The molecule has 0 aromatic heterocycles. The van der Waals surface area contributed by atoms with E-state index in [9.17, 15) is 14.4 Å². The van der Waals surface area contributed by atoms with Gasteiger partial charge in [0.1, 0.15) is 6.04 Å². The van der Waals surface area contributed by atoms with E-state index in [2.05, 4.69) is 10.6 Å². The molecule has 0 bridgehead atoms. The molecule has 0 aliphatic heterocycles. The predicted molar refractivity (Wildman–Crippen MR) is 98.5 cm³/mol. The number of carbonyl (C=O) groups excluding carboxylic acids is 3. The lowest BCUT2D eigenvalue weighted by atomic mass is 10.2. The van der Waals surface area contributed by atoms with Crippen LogP contribution in [0.15, 0.2) is 30.3 Å². The number of methoxy groups -OCH3 is 1. The summed E-state index contributed by atoms with van der Waals surface area (Å²) in [4.78, 5) is 35.5. The van der Waals surface area contributed by atoms with E-state index < -0.39 is 23.8 Å². The summed E-state index contributed by atoms with van der Waals surface area (Å²) in [6.45, 7) is 4.44. The highest BCUT2D eigenvalue weighted by atomic mass is 16.5. The van der Waals surface area contributed by atoms with Crippen LogP contribution in [0.5, 0.6) is 0 Å². The highest BCUT2D eigenvalue weighted by molar-refractivity contribution is 5.90. The van der Waals surface area contributed by atoms with Crippen molar-refractivity contribution in [3.8, 4) is 0 Å². The minimum atomic E-state index is -0.992. The molecule has 150 valence electrons. The van der Waals surface area contributed by atoms with Gasteiger partial charge in [0.2, 0.25) is 11.8 Å². The number of hydrogen-bond donors (Lipinski definition) is 2. The second kappa shape index (κ2) is 13.6. The Bertz CT molecular complexity index is 579. The molecule has 1 atom stereocenters. The molecule has 0 saturated heterocycles. The van der Waals surface area contributed by atoms with Gasteiger partial charge in [-0.05, 0) is 13.0 Å². The highest BCUT2D eigenvalue weighted by Crippen LogP contribution is 2.05. The molecular weight excluding hydrogens is 352 g/mol. The van der Waals surface area contributed by atoms with Crippen LogP contribution in [-0.2, 0) is 28.6 Å². The fourth-order valence-corrected chi connectivity index (χ4v) is 2.09. The molecule has 2 amide bonds. The third kappa shape index (κ3) is 10.9. The summed E-state index contributed by atoms with van der Waals surface area (Å²) < 4.78 is 15.2. The summed E-state index contributed by atoms with van der Waals surface area (Å²) in [7, 11) is 1.59. The number of nitrogens with one attached hydrogen (secondary N) is 2. The monoisotopic (exact) mass is 379 g/mol. The van der Waals surface area contributed by atoms with Crippen molar-refractivity contribution >= 4 is 17.8 Å². The van der Waals surface area contributed by atoms with E-state index in [0.29, 0.717) is 32.8 Å². The molecule has 0 spiro atoms. The summed E-state index contributed by atoms with van der Waals surface area (Å²) in [5, 5.41) is 5.14. The van der Waals surface area contributed by atoms with Gasteiger partial charge >= 0.3 is 5.97 Å². The van der Waals surface area contributed by atoms with Crippen LogP contribution >= 0.6 is 0 Å². The number of ether oxygens (including phenoxy) is 3. The quantitative estimate of drug-likeness (QED) is 0.299. The second-order valence-corrected chi connectivity index (χ2v) is 5.73. The summed E-state index contributed by atoms with van der Waals surface area (Å²) >= 11 is 0. The first-order valence-corrected chi connectivity index (χ1v) is 8.72. The Morgan fingerprint density at radius 1 is 1.11 bits per heavy atom. The van der Waals surface area contributed by atoms with E-state index in [0.717, 1.165) is 5.56 Å². The Kier molecular flexibility index (Phi) is 11.3. The number of esters is 1. The molecule has 0 radical (unpaired) electrons. The molecular formula is C19H27N2O6-. The van der Waals surface area contributed by atoms with E-state index in [1.807, 2.05) is 18.2 Å². The first kappa shape index (κ1) is 22.5.